The highest BCUT2D eigenvalue weighted by molar-refractivity contribution is 9.11. The van der Waals surface area contributed by atoms with Gasteiger partial charge in [0.25, 0.3) is 0 Å². The Kier molecular flexibility index (Phi) is 10.9. The first-order valence-corrected chi connectivity index (χ1v) is 13.7. The quantitative estimate of drug-likeness (QED) is 0.133. The third-order valence-electron chi connectivity index (χ3n) is 6.92. The second kappa shape index (κ2) is 14.1. The Morgan fingerprint density at radius 3 is 2.36 bits per heavy atom. The smallest absolute Gasteiger partial charge is 0.360 e. The van der Waals surface area contributed by atoms with Crippen molar-refractivity contribution in [2.45, 2.75) is 46.6 Å². The minimum absolute atomic E-state index is 0.137. The first-order valence-electron chi connectivity index (χ1n) is 12.8. The number of nitrogens with zero attached hydrogens (tertiary/aromatic N) is 2. The van der Waals surface area contributed by atoms with Gasteiger partial charge in [-0.2, -0.15) is 0 Å². The number of methoxy groups -OCH3 is 1. The van der Waals surface area contributed by atoms with Crippen molar-refractivity contribution >= 4 is 40.0 Å². The number of carbonyl (C=O) groups is 2. The van der Waals surface area contributed by atoms with Gasteiger partial charge in [0.1, 0.15) is 18.6 Å². The van der Waals surface area contributed by atoms with Crippen LogP contribution in [0.4, 0.5) is 0 Å². The van der Waals surface area contributed by atoms with Gasteiger partial charge >= 0.3 is 11.9 Å². The summed E-state index contributed by atoms with van der Waals surface area (Å²) < 4.78 is 21.1. The van der Waals surface area contributed by atoms with E-state index in [2.05, 4.69) is 75.7 Å². The number of ether oxygens (including phenoxy) is 2. The van der Waals surface area contributed by atoms with Gasteiger partial charge in [0.05, 0.1) is 7.11 Å². The Hall–Kier alpha value is -3.46. The Balaban J connectivity index is 1.58. The van der Waals surface area contributed by atoms with Gasteiger partial charge < -0.3 is 18.3 Å². The summed E-state index contributed by atoms with van der Waals surface area (Å²) in [7, 11) is 1.30. The topological polar surface area (TPSA) is 105 Å². The fourth-order valence-corrected chi connectivity index (χ4v) is 4.22. The van der Waals surface area contributed by atoms with Gasteiger partial charge in [-0.15, -0.1) is 0 Å². The van der Waals surface area contributed by atoms with E-state index in [1.54, 1.807) is 17.1 Å². The van der Waals surface area contributed by atoms with E-state index in [1.807, 2.05) is 25.2 Å². The highest BCUT2D eigenvalue weighted by atomic mass is 79.9. The van der Waals surface area contributed by atoms with E-state index in [9.17, 15) is 9.59 Å². The molecule has 0 spiro atoms. The molecule has 2 aromatic rings. The molecule has 0 aliphatic heterocycles. The summed E-state index contributed by atoms with van der Waals surface area (Å²) in [6.07, 6.45) is 21.5. The molecule has 3 rings (SSSR count). The number of hydrogen-bond donors (Lipinski definition) is 0. The van der Waals surface area contributed by atoms with Gasteiger partial charge in [-0.05, 0) is 36.1 Å². The van der Waals surface area contributed by atoms with Crippen LogP contribution in [0.15, 0.2) is 68.9 Å². The summed E-state index contributed by atoms with van der Waals surface area (Å²) in [5, 5.41) is 0. The number of aromatic nitrogens is 2. The normalized spacial score (nSPS) is 19.5. The van der Waals surface area contributed by atoms with Crippen LogP contribution < -0.4 is 0 Å². The van der Waals surface area contributed by atoms with Crippen LogP contribution >= 0.6 is 15.9 Å². The molecule has 0 saturated heterocycles. The number of allylic oxidation sites excluding steroid dienone is 6. The van der Waals surface area contributed by atoms with Crippen molar-refractivity contribution in [3.63, 3.8) is 0 Å². The average Bonchev–Trinajstić information content (AvgIpc) is 3.26. The Labute approximate surface area is 237 Å². The second-order valence-corrected chi connectivity index (χ2v) is 10.5. The molecule has 2 aromatic heterocycles. The van der Waals surface area contributed by atoms with Crippen LogP contribution in [-0.2, 0) is 9.47 Å². The molecule has 9 heteroatoms. The molecule has 1 aliphatic carbocycles. The molecule has 1 aliphatic rings. The Morgan fingerprint density at radius 2 is 1.72 bits per heavy atom. The molecule has 0 radical (unpaired) electrons. The van der Waals surface area contributed by atoms with E-state index < -0.39 is 11.9 Å². The van der Waals surface area contributed by atoms with Gasteiger partial charge in [0, 0.05) is 24.0 Å². The van der Waals surface area contributed by atoms with Crippen molar-refractivity contribution in [2.75, 3.05) is 7.11 Å². The molecular formula is C30H35BrN2O6. The van der Waals surface area contributed by atoms with E-state index in [1.165, 1.54) is 19.6 Å². The zero-order valence-electron chi connectivity index (χ0n) is 22.9. The van der Waals surface area contributed by atoms with Gasteiger partial charge in [0.2, 0.25) is 11.8 Å². The van der Waals surface area contributed by atoms with Crippen LogP contribution in [0.2, 0.25) is 0 Å². The number of halogens is 1. The summed E-state index contributed by atoms with van der Waals surface area (Å²) >= 11 is 3.17. The molecule has 0 unspecified atom stereocenters. The maximum Gasteiger partial charge on any atom is 0.360 e. The molecule has 0 amide bonds. The van der Waals surface area contributed by atoms with Crippen molar-refractivity contribution in [1.29, 1.82) is 0 Å². The fourth-order valence-electron chi connectivity index (χ4n) is 4.00. The largest absolute Gasteiger partial charge is 0.464 e. The molecular weight excluding hydrogens is 564 g/mol. The molecule has 1 saturated carbocycles. The highest BCUT2D eigenvalue weighted by Crippen LogP contribution is 2.41. The lowest BCUT2D eigenvalue weighted by molar-refractivity contribution is -0.0184. The summed E-state index contributed by atoms with van der Waals surface area (Å²) in [6, 6.07) is 0. The maximum atomic E-state index is 12.9. The van der Waals surface area contributed by atoms with Crippen molar-refractivity contribution in [3.8, 4) is 0 Å². The van der Waals surface area contributed by atoms with E-state index in [4.69, 9.17) is 13.6 Å². The van der Waals surface area contributed by atoms with Crippen molar-refractivity contribution < 1.29 is 27.9 Å². The zero-order chi connectivity index (χ0) is 28.4. The SMILES string of the molecule is C/C=C/[C@H](C)C(C)(C)[C@H](C/C=C\[C@H]1C[C@H]1/C=C/C=C\c1nc(C(=O)OC)co1)OC(=O)c1coc(/C=C\Br)n1. The summed E-state index contributed by atoms with van der Waals surface area (Å²) in [4.78, 5) is 34.2. The van der Waals surface area contributed by atoms with Crippen LogP contribution in [0.5, 0.6) is 0 Å². The minimum atomic E-state index is -0.534. The number of esters is 2. The van der Waals surface area contributed by atoms with Gasteiger partial charge in [-0.3, -0.25) is 0 Å². The standard InChI is InChI=1S/C30H35BrN2O6/c1-6-10-20(2)30(3,4)25(39-29(35)24-19-38-27(33-24)15-16-31)13-9-12-22-17-21(22)11-7-8-14-26-32-23(18-37-26)28(34)36-5/h6-12,14-16,18-22,25H,13,17H2,1-5H3/b10-6+,11-7+,12-9-,14-8-,16-15-/t20-,21+,22-,25-/m0/s1. The third kappa shape index (κ3) is 8.51. The lowest BCUT2D eigenvalue weighted by Gasteiger charge is -2.37. The number of oxazole rings is 2. The Bertz CT molecular complexity index is 1270. The van der Waals surface area contributed by atoms with Crippen LogP contribution in [-0.4, -0.2) is 35.1 Å². The third-order valence-corrected chi connectivity index (χ3v) is 7.18. The molecule has 39 heavy (non-hydrogen) atoms. The van der Waals surface area contributed by atoms with Gasteiger partial charge in [-0.1, -0.05) is 79.2 Å². The van der Waals surface area contributed by atoms with Crippen molar-refractivity contribution in [3.05, 3.63) is 83.2 Å². The second-order valence-electron chi connectivity index (χ2n) is 9.93. The summed E-state index contributed by atoms with van der Waals surface area (Å²) in [6.45, 7) is 8.34. The summed E-state index contributed by atoms with van der Waals surface area (Å²) in [5.74, 6) is 0.685. The molecule has 0 N–H and O–H groups in total. The van der Waals surface area contributed by atoms with Crippen molar-refractivity contribution in [1.82, 2.24) is 9.97 Å². The van der Waals surface area contributed by atoms with Crippen LogP contribution in [0.3, 0.4) is 0 Å². The molecule has 0 aromatic carbocycles. The molecule has 208 valence electrons. The molecule has 2 heterocycles. The van der Waals surface area contributed by atoms with Crippen molar-refractivity contribution in [2.24, 2.45) is 23.2 Å². The van der Waals surface area contributed by atoms with E-state index in [0.717, 1.165) is 6.42 Å². The zero-order valence-corrected chi connectivity index (χ0v) is 24.5. The van der Waals surface area contributed by atoms with E-state index >= 15 is 0 Å². The lowest BCUT2D eigenvalue weighted by atomic mass is 9.74. The fraction of sp³-hybridized carbons (Fsp3) is 0.400. The molecule has 1 fully saturated rings. The molecule has 8 nitrogen and oxygen atoms in total. The molecule has 4 atom stereocenters. The predicted octanol–water partition coefficient (Wildman–Crippen LogP) is 7.43. The van der Waals surface area contributed by atoms with E-state index in [-0.39, 0.29) is 28.8 Å². The minimum Gasteiger partial charge on any atom is -0.464 e. The van der Waals surface area contributed by atoms with Crippen LogP contribution in [0.25, 0.3) is 12.2 Å². The van der Waals surface area contributed by atoms with Crippen LogP contribution in [0, 0.1) is 23.2 Å². The number of carbonyl (C=O) groups excluding carboxylic acids is 2. The first-order chi connectivity index (χ1) is 18.7. The highest BCUT2D eigenvalue weighted by Gasteiger charge is 2.37. The van der Waals surface area contributed by atoms with Gasteiger partial charge in [-0.25, -0.2) is 19.6 Å². The Morgan fingerprint density at radius 1 is 1.08 bits per heavy atom. The first kappa shape index (κ1) is 30.1. The summed E-state index contributed by atoms with van der Waals surface area (Å²) in [5.41, 5.74) is -0.0278. The monoisotopic (exact) mass is 598 g/mol. The van der Waals surface area contributed by atoms with Gasteiger partial charge in [0.15, 0.2) is 11.4 Å². The molecule has 0 bridgehead atoms. The predicted molar refractivity (Wildman–Crippen MR) is 153 cm³/mol. The maximum absolute atomic E-state index is 12.9. The number of hydrogen-bond acceptors (Lipinski definition) is 8. The van der Waals surface area contributed by atoms with E-state index in [0.29, 0.717) is 30.0 Å². The van der Waals surface area contributed by atoms with Crippen LogP contribution in [0.1, 0.15) is 73.3 Å². The number of rotatable bonds is 13. The lowest BCUT2D eigenvalue weighted by Crippen LogP contribution is -2.38. The average molecular weight is 600 g/mol.